The molecule has 13 heteroatoms. The molecule has 0 heterocycles. The van der Waals surface area contributed by atoms with Crippen molar-refractivity contribution >= 4 is 23.9 Å². The molecule has 25 heavy (non-hydrogen) atoms. The number of carboxylic acids is 4. The maximum absolute atomic E-state index is 9.34. The Hall–Kier alpha value is -1.40. The molecule has 0 fully saturated rings. The molecule has 0 aliphatic heterocycles. The van der Waals surface area contributed by atoms with E-state index >= 15 is 0 Å². The second-order valence-electron chi connectivity index (χ2n) is 3.98. The summed E-state index contributed by atoms with van der Waals surface area (Å²) in [7, 11) is 0. The van der Waals surface area contributed by atoms with Gasteiger partial charge in [0.2, 0.25) is 0 Å². The number of aliphatic hydroxyl groups excluding tert-OH is 4. The Bertz CT molecular complexity index is 306. The molecular formula is C12H20O12Zr. The van der Waals surface area contributed by atoms with Crippen molar-refractivity contribution in [3.8, 4) is 0 Å². The zero-order chi connectivity index (χ0) is 20.6. The molecule has 144 valence electrons. The summed E-state index contributed by atoms with van der Waals surface area (Å²) in [4.78, 5) is 37.4. The van der Waals surface area contributed by atoms with Crippen molar-refractivity contribution < 1.29 is 86.2 Å². The molecule has 0 aliphatic carbocycles. The van der Waals surface area contributed by atoms with Gasteiger partial charge in [-0.2, -0.15) is 0 Å². The van der Waals surface area contributed by atoms with Gasteiger partial charge in [0, 0.05) is 0 Å². The van der Waals surface area contributed by atoms with Crippen LogP contribution in [0.4, 0.5) is 0 Å². The molecule has 0 radical (unpaired) electrons. The van der Waals surface area contributed by atoms with Gasteiger partial charge in [0.15, 0.2) is 0 Å². The number of carbonyl (C=O) groups excluding carboxylic acids is 4. The zero-order valence-electron chi connectivity index (χ0n) is 13.9. The van der Waals surface area contributed by atoms with Crippen LogP contribution in [0.15, 0.2) is 0 Å². The molecule has 0 saturated carbocycles. The maximum atomic E-state index is 9.34. The Morgan fingerprint density at radius 1 is 0.520 bits per heavy atom. The summed E-state index contributed by atoms with van der Waals surface area (Å²) in [5.41, 5.74) is 0. The number of carbonyl (C=O) groups is 4. The number of hydrogen-bond acceptors (Lipinski definition) is 12. The minimum Gasteiger partial charge on any atom is -0.547 e. The maximum Gasteiger partial charge on any atom is 4.00 e. The number of aliphatic hydroxyl groups is 4. The van der Waals surface area contributed by atoms with Crippen molar-refractivity contribution in [1.82, 2.24) is 0 Å². The first kappa shape index (κ1) is 34.8. The van der Waals surface area contributed by atoms with Crippen LogP contribution in [0.25, 0.3) is 0 Å². The van der Waals surface area contributed by atoms with Gasteiger partial charge in [0.05, 0.1) is 48.3 Å². The van der Waals surface area contributed by atoms with E-state index < -0.39 is 48.3 Å². The van der Waals surface area contributed by atoms with Crippen molar-refractivity contribution in [1.29, 1.82) is 0 Å². The third-order valence-corrected chi connectivity index (χ3v) is 1.36. The molecule has 0 spiro atoms. The van der Waals surface area contributed by atoms with Gasteiger partial charge >= 0.3 is 26.2 Å². The van der Waals surface area contributed by atoms with Crippen LogP contribution in [0.3, 0.4) is 0 Å². The van der Waals surface area contributed by atoms with Gasteiger partial charge in [-0.3, -0.25) is 0 Å². The van der Waals surface area contributed by atoms with Crippen LogP contribution in [0.5, 0.6) is 0 Å². The van der Waals surface area contributed by atoms with Crippen molar-refractivity contribution in [2.45, 2.75) is 52.1 Å². The average Bonchev–Trinajstić information content (AvgIpc) is 2.40. The predicted molar refractivity (Wildman–Crippen MR) is 66.8 cm³/mol. The quantitative estimate of drug-likeness (QED) is 0.314. The summed E-state index contributed by atoms with van der Waals surface area (Å²) in [6, 6.07) is 0. The molecule has 12 nitrogen and oxygen atoms in total. The molecule has 0 amide bonds. The molecule has 0 aromatic rings. The average molecular weight is 448 g/mol. The summed E-state index contributed by atoms with van der Waals surface area (Å²) in [5.74, 6) is -5.74. The summed E-state index contributed by atoms with van der Waals surface area (Å²) in [5, 5.41) is 69.2. The van der Waals surface area contributed by atoms with Crippen LogP contribution in [-0.4, -0.2) is 68.7 Å². The molecule has 4 atom stereocenters. The van der Waals surface area contributed by atoms with Crippen molar-refractivity contribution in [2.75, 3.05) is 0 Å². The first-order valence-electron chi connectivity index (χ1n) is 6.13. The van der Waals surface area contributed by atoms with E-state index in [9.17, 15) is 39.6 Å². The Kier molecular flexibility index (Phi) is 28.8. The number of aliphatic carboxylic acids is 4. The minimum absolute atomic E-state index is 0. The largest absolute Gasteiger partial charge is 4.00 e. The molecule has 4 N–H and O–H groups in total. The normalized spacial score (nSPS) is 13.1. The summed E-state index contributed by atoms with van der Waals surface area (Å²) in [6.45, 7) is 4.54. The van der Waals surface area contributed by atoms with Crippen LogP contribution in [0.1, 0.15) is 27.7 Å². The molecule has 0 aliphatic rings. The summed E-state index contributed by atoms with van der Waals surface area (Å²) >= 11 is 0. The molecule has 0 aromatic carbocycles. The zero-order valence-corrected chi connectivity index (χ0v) is 16.3. The summed E-state index contributed by atoms with van der Waals surface area (Å²) in [6.07, 6.45) is -5.37. The van der Waals surface area contributed by atoms with Gasteiger partial charge < -0.3 is 60.0 Å². The van der Waals surface area contributed by atoms with E-state index in [4.69, 9.17) is 20.4 Å². The van der Waals surface area contributed by atoms with Gasteiger partial charge in [0.1, 0.15) is 0 Å². The Labute approximate surface area is 162 Å². The fourth-order valence-corrected chi connectivity index (χ4v) is 0. The molecule has 0 bridgehead atoms. The van der Waals surface area contributed by atoms with E-state index in [2.05, 4.69) is 0 Å². The SMILES string of the molecule is CC(O)C(=O)[O-].CC(O)C(=O)[O-].CC(O)C(=O)[O-].CC(O)C(=O)[O-].[Zr+4]. The predicted octanol–water partition coefficient (Wildman–Crippen LogP) is -7.53. The van der Waals surface area contributed by atoms with Crippen molar-refractivity contribution in [3.63, 3.8) is 0 Å². The van der Waals surface area contributed by atoms with Crippen LogP contribution in [-0.2, 0) is 45.4 Å². The first-order valence-corrected chi connectivity index (χ1v) is 6.13. The van der Waals surface area contributed by atoms with E-state index in [-0.39, 0.29) is 26.2 Å². The topological polar surface area (TPSA) is 241 Å². The van der Waals surface area contributed by atoms with E-state index in [0.29, 0.717) is 0 Å². The van der Waals surface area contributed by atoms with Gasteiger partial charge in [-0.05, 0) is 27.7 Å². The molecule has 0 aromatic heterocycles. The van der Waals surface area contributed by atoms with Gasteiger partial charge in [0.25, 0.3) is 0 Å². The van der Waals surface area contributed by atoms with E-state index in [1.165, 1.54) is 0 Å². The third kappa shape index (κ3) is 45.0. The Morgan fingerprint density at radius 2 is 0.560 bits per heavy atom. The van der Waals surface area contributed by atoms with E-state index in [1.807, 2.05) is 0 Å². The van der Waals surface area contributed by atoms with Gasteiger partial charge in [-0.15, -0.1) is 0 Å². The van der Waals surface area contributed by atoms with E-state index in [1.54, 1.807) is 0 Å². The van der Waals surface area contributed by atoms with Crippen LogP contribution in [0, 0.1) is 0 Å². The van der Waals surface area contributed by atoms with Gasteiger partial charge in [-0.25, -0.2) is 0 Å². The van der Waals surface area contributed by atoms with Crippen LogP contribution < -0.4 is 20.4 Å². The minimum atomic E-state index is -1.44. The smallest absolute Gasteiger partial charge is 0.547 e. The monoisotopic (exact) mass is 446 g/mol. The first-order chi connectivity index (χ1) is 10.6. The van der Waals surface area contributed by atoms with Crippen molar-refractivity contribution in [2.24, 2.45) is 0 Å². The Balaban J connectivity index is -0.0000000702. The second kappa shape index (κ2) is 20.6. The second-order valence-corrected chi connectivity index (χ2v) is 3.98. The number of carboxylic acid groups (broad SMARTS) is 4. The Morgan fingerprint density at radius 3 is 0.560 bits per heavy atom. The number of rotatable bonds is 4. The third-order valence-electron chi connectivity index (χ3n) is 1.36. The van der Waals surface area contributed by atoms with Gasteiger partial charge in [-0.1, -0.05) is 0 Å². The fraction of sp³-hybridized carbons (Fsp3) is 0.667. The van der Waals surface area contributed by atoms with Crippen LogP contribution >= 0.6 is 0 Å². The summed E-state index contributed by atoms with van der Waals surface area (Å²) < 4.78 is 0. The number of hydrogen-bond donors (Lipinski definition) is 4. The molecule has 0 saturated heterocycles. The molecule has 4 unspecified atom stereocenters. The fourth-order valence-electron chi connectivity index (χ4n) is 0. The molecule has 0 rings (SSSR count). The van der Waals surface area contributed by atoms with E-state index in [0.717, 1.165) is 27.7 Å². The van der Waals surface area contributed by atoms with Crippen LogP contribution in [0.2, 0.25) is 0 Å². The standard InChI is InChI=1S/4C3H6O3.Zr/c4*1-2(4)3(5)6;/h4*2,4H,1H3,(H,5,6);/q;;;;+4/p-4. The van der Waals surface area contributed by atoms with Crippen molar-refractivity contribution in [3.05, 3.63) is 0 Å². The molecular weight excluding hydrogens is 427 g/mol.